The Kier molecular flexibility index (Phi) is 3.77. The summed E-state index contributed by atoms with van der Waals surface area (Å²) in [7, 11) is 0. The summed E-state index contributed by atoms with van der Waals surface area (Å²) >= 11 is 5.90. The van der Waals surface area contributed by atoms with Crippen LogP contribution >= 0.6 is 11.6 Å². The number of nitro benzene ring substituents is 1. The molecule has 0 spiro atoms. The van der Waals surface area contributed by atoms with Crippen molar-refractivity contribution < 1.29 is 14.5 Å². The summed E-state index contributed by atoms with van der Waals surface area (Å²) in [5, 5.41) is 10.7. The van der Waals surface area contributed by atoms with E-state index < -0.39 is 4.92 Å². The Balaban J connectivity index is 2.22. The second kappa shape index (κ2) is 5.49. The van der Waals surface area contributed by atoms with Crippen LogP contribution in [-0.4, -0.2) is 11.2 Å². The largest absolute Gasteiger partial charge is 0.456 e. The lowest BCUT2D eigenvalue weighted by atomic mass is 10.2. The Morgan fingerprint density at radius 2 is 1.84 bits per heavy atom. The molecule has 0 fully saturated rings. The number of carbonyl (C=O) groups excluding carboxylic acids is 1. The molecule has 0 aliphatic rings. The molecular formula is C13H8ClNO4. The Labute approximate surface area is 113 Å². The van der Waals surface area contributed by atoms with E-state index in [1.807, 2.05) is 0 Å². The minimum Gasteiger partial charge on any atom is -0.456 e. The topological polar surface area (TPSA) is 69.4 Å². The van der Waals surface area contributed by atoms with Crippen LogP contribution in [0.4, 0.5) is 5.69 Å². The van der Waals surface area contributed by atoms with Gasteiger partial charge < -0.3 is 4.74 Å². The average Bonchev–Trinajstić information content (AvgIpc) is 2.41. The summed E-state index contributed by atoms with van der Waals surface area (Å²) in [6.45, 7) is 0. The lowest BCUT2D eigenvalue weighted by molar-refractivity contribution is -0.384. The molecule has 0 saturated carbocycles. The Morgan fingerprint density at radius 3 is 2.37 bits per heavy atom. The van der Waals surface area contributed by atoms with E-state index in [4.69, 9.17) is 16.3 Å². The van der Waals surface area contributed by atoms with Crippen molar-refractivity contribution in [3.8, 4) is 11.5 Å². The van der Waals surface area contributed by atoms with Crippen LogP contribution in [0.25, 0.3) is 0 Å². The summed E-state index contributed by atoms with van der Waals surface area (Å²) in [5.74, 6) is 0.799. The number of hydrogen-bond donors (Lipinski definition) is 0. The highest BCUT2D eigenvalue weighted by Crippen LogP contribution is 2.32. The molecule has 19 heavy (non-hydrogen) atoms. The van der Waals surface area contributed by atoms with Gasteiger partial charge in [0.15, 0.2) is 0 Å². The van der Waals surface area contributed by atoms with E-state index in [0.717, 1.165) is 6.29 Å². The van der Waals surface area contributed by atoms with Crippen molar-refractivity contribution in [3.63, 3.8) is 0 Å². The van der Waals surface area contributed by atoms with E-state index in [9.17, 15) is 14.9 Å². The van der Waals surface area contributed by atoms with E-state index in [-0.39, 0.29) is 10.7 Å². The molecule has 0 N–H and O–H groups in total. The zero-order valence-corrected chi connectivity index (χ0v) is 10.3. The van der Waals surface area contributed by atoms with Crippen LogP contribution in [0.1, 0.15) is 10.4 Å². The van der Waals surface area contributed by atoms with Crippen molar-refractivity contribution in [3.05, 3.63) is 63.2 Å². The first kappa shape index (κ1) is 13.0. The predicted molar refractivity (Wildman–Crippen MR) is 70.0 cm³/mol. The number of nitrogens with zero attached hydrogens (tertiary/aromatic N) is 1. The number of hydrogen-bond acceptors (Lipinski definition) is 4. The molecule has 0 atom stereocenters. The minimum atomic E-state index is -0.533. The standard InChI is InChI=1S/C13H8ClNO4/c14-12-7-10(15(17)18)3-6-13(12)19-11-4-1-9(8-16)2-5-11/h1-8H. The molecule has 0 radical (unpaired) electrons. The van der Waals surface area contributed by atoms with Crippen molar-refractivity contribution >= 4 is 23.6 Å². The Bertz CT molecular complexity index is 625. The van der Waals surface area contributed by atoms with E-state index in [2.05, 4.69) is 0 Å². The average molecular weight is 278 g/mol. The molecule has 0 amide bonds. The second-order valence-electron chi connectivity index (χ2n) is 3.66. The molecule has 0 heterocycles. The van der Waals surface area contributed by atoms with Gasteiger partial charge in [0.1, 0.15) is 17.8 Å². The first-order chi connectivity index (χ1) is 9.10. The highest BCUT2D eigenvalue weighted by atomic mass is 35.5. The van der Waals surface area contributed by atoms with Gasteiger partial charge >= 0.3 is 0 Å². The number of rotatable bonds is 4. The summed E-state index contributed by atoms with van der Waals surface area (Å²) in [4.78, 5) is 20.5. The highest BCUT2D eigenvalue weighted by Gasteiger charge is 2.10. The van der Waals surface area contributed by atoms with Crippen molar-refractivity contribution in [2.24, 2.45) is 0 Å². The quantitative estimate of drug-likeness (QED) is 0.483. The van der Waals surface area contributed by atoms with Gasteiger partial charge in [-0.1, -0.05) is 11.6 Å². The molecular weight excluding hydrogens is 270 g/mol. The fourth-order valence-electron chi connectivity index (χ4n) is 1.43. The number of halogens is 1. The predicted octanol–water partition coefficient (Wildman–Crippen LogP) is 3.85. The van der Waals surface area contributed by atoms with Gasteiger partial charge in [-0.3, -0.25) is 14.9 Å². The zero-order chi connectivity index (χ0) is 13.8. The molecule has 2 aromatic rings. The van der Waals surface area contributed by atoms with Crippen LogP contribution in [0.3, 0.4) is 0 Å². The van der Waals surface area contributed by atoms with E-state index in [1.165, 1.54) is 18.2 Å². The fourth-order valence-corrected chi connectivity index (χ4v) is 1.64. The molecule has 0 unspecified atom stereocenters. The van der Waals surface area contributed by atoms with Gasteiger partial charge in [0.2, 0.25) is 0 Å². The molecule has 0 aromatic heterocycles. The summed E-state index contributed by atoms with van der Waals surface area (Å²) in [5.41, 5.74) is 0.427. The van der Waals surface area contributed by atoms with Crippen molar-refractivity contribution in [1.82, 2.24) is 0 Å². The van der Waals surface area contributed by atoms with Gasteiger partial charge in [0.25, 0.3) is 5.69 Å². The smallest absolute Gasteiger partial charge is 0.271 e. The Hall–Kier alpha value is -2.40. The van der Waals surface area contributed by atoms with Crippen LogP contribution in [0.2, 0.25) is 5.02 Å². The van der Waals surface area contributed by atoms with Crippen LogP contribution in [0.15, 0.2) is 42.5 Å². The van der Waals surface area contributed by atoms with Gasteiger partial charge in [-0.15, -0.1) is 0 Å². The fraction of sp³-hybridized carbons (Fsp3) is 0. The number of benzene rings is 2. The number of carbonyl (C=O) groups is 1. The van der Waals surface area contributed by atoms with Crippen molar-refractivity contribution in [1.29, 1.82) is 0 Å². The maximum Gasteiger partial charge on any atom is 0.271 e. The van der Waals surface area contributed by atoms with Crippen LogP contribution < -0.4 is 4.74 Å². The number of non-ortho nitro benzene ring substituents is 1. The molecule has 96 valence electrons. The minimum absolute atomic E-state index is 0.103. The summed E-state index contributed by atoms with van der Waals surface area (Å²) in [6, 6.07) is 10.4. The van der Waals surface area contributed by atoms with E-state index in [0.29, 0.717) is 17.1 Å². The van der Waals surface area contributed by atoms with Gasteiger partial charge in [-0.25, -0.2) is 0 Å². The lowest BCUT2D eigenvalue weighted by Gasteiger charge is -2.07. The molecule has 0 aliphatic carbocycles. The first-order valence-electron chi connectivity index (χ1n) is 5.27. The van der Waals surface area contributed by atoms with E-state index in [1.54, 1.807) is 24.3 Å². The maximum absolute atomic E-state index is 10.6. The van der Waals surface area contributed by atoms with Gasteiger partial charge in [0.05, 0.1) is 9.95 Å². The lowest BCUT2D eigenvalue weighted by Crippen LogP contribution is -1.90. The summed E-state index contributed by atoms with van der Waals surface area (Å²) in [6.07, 6.45) is 0.725. The number of aldehydes is 1. The third-order valence-electron chi connectivity index (χ3n) is 2.37. The molecule has 2 aromatic carbocycles. The molecule has 2 rings (SSSR count). The summed E-state index contributed by atoms with van der Waals surface area (Å²) < 4.78 is 5.47. The van der Waals surface area contributed by atoms with Crippen molar-refractivity contribution in [2.45, 2.75) is 0 Å². The zero-order valence-electron chi connectivity index (χ0n) is 9.58. The van der Waals surface area contributed by atoms with Crippen molar-refractivity contribution in [2.75, 3.05) is 0 Å². The number of nitro groups is 1. The van der Waals surface area contributed by atoms with Gasteiger partial charge in [0, 0.05) is 17.7 Å². The SMILES string of the molecule is O=Cc1ccc(Oc2ccc([N+](=O)[O-])cc2Cl)cc1. The molecule has 0 aliphatic heterocycles. The third kappa shape index (κ3) is 3.08. The first-order valence-corrected chi connectivity index (χ1v) is 5.65. The van der Waals surface area contributed by atoms with Crippen LogP contribution in [-0.2, 0) is 0 Å². The number of ether oxygens (including phenoxy) is 1. The molecule has 0 saturated heterocycles. The molecule has 0 bridgehead atoms. The highest BCUT2D eigenvalue weighted by molar-refractivity contribution is 6.32. The van der Waals surface area contributed by atoms with Crippen LogP contribution in [0, 0.1) is 10.1 Å². The second-order valence-corrected chi connectivity index (χ2v) is 4.07. The van der Waals surface area contributed by atoms with Crippen LogP contribution in [0.5, 0.6) is 11.5 Å². The third-order valence-corrected chi connectivity index (χ3v) is 2.67. The van der Waals surface area contributed by atoms with Gasteiger partial charge in [-0.05, 0) is 30.3 Å². The molecule has 6 heteroatoms. The monoisotopic (exact) mass is 277 g/mol. The normalized spacial score (nSPS) is 9.95. The maximum atomic E-state index is 10.6. The molecule has 5 nitrogen and oxygen atoms in total. The van der Waals surface area contributed by atoms with Gasteiger partial charge in [-0.2, -0.15) is 0 Å². The Morgan fingerprint density at radius 1 is 1.16 bits per heavy atom. The van der Waals surface area contributed by atoms with E-state index >= 15 is 0 Å².